The Morgan fingerprint density at radius 1 is 0.311 bits per heavy atom. The van der Waals surface area contributed by atoms with Crippen molar-refractivity contribution in [2.45, 2.75) is 0 Å². The highest BCUT2D eigenvalue weighted by Crippen LogP contribution is 2.48. The van der Waals surface area contributed by atoms with E-state index in [2.05, 4.69) is 158 Å². The van der Waals surface area contributed by atoms with Gasteiger partial charge in [0.1, 0.15) is 11.2 Å². The van der Waals surface area contributed by atoms with Crippen molar-refractivity contribution < 1.29 is 4.42 Å². The second-order valence-electron chi connectivity index (χ2n) is 12.0. The van der Waals surface area contributed by atoms with Gasteiger partial charge >= 0.3 is 0 Å². The van der Waals surface area contributed by atoms with Crippen LogP contribution in [0.25, 0.3) is 98.4 Å². The maximum atomic E-state index is 6.29. The van der Waals surface area contributed by atoms with E-state index in [0.717, 1.165) is 11.2 Å². The van der Waals surface area contributed by atoms with Crippen molar-refractivity contribution in [1.82, 2.24) is 0 Å². The fraction of sp³-hybridized carbons (Fsp3) is 0. The van der Waals surface area contributed by atoms with Crippen molar-refractivity contribution in [3.05, 3.63) is 158 Å². The first-order valence-corrected chi connectivity index (χ1v) is 15.5. The summed E-state index contributed by atoms with van der Waals surface area (Å²) >= 11 is 0. The number of rotatable bonds is 3. The molecule has 0 N–H and O–H groups in total. The Balaban J connectivity index is 1.31. The molecule has 1 aromatic heterocycles. The lowest BCUT2D eigenvalue weighted by molar-refractivity contribution is 0.669. The molecule has 0 saturated heterocycles. The summed E-state index contributed by atoms with van der Waals surface area (Å²) in [5.74, 6) is 0. The second-order valence-corrected chi connectivity index (χ2v) is 12.0. The molecule has 0 saturated carbocycles. The Morgan fingerprint density at radius 3 is 1.51 bits per heavy atom. The lowest BCUT2D eigenvalue weighted by Crippen LogP contribution is -1.92. The SMILES string of the molecule is c1ccc(-c2c3ccccc3c(-c3ccc(-c4cc5cccc6oc7cccc4c7c56)c4ccccc34)c3ccccc23)cc1. The van der Waals surface area contributed by atoms with Gasteiger partial charge in [0.15, 0.2) is 0 Å². The molecule has 0 aliphatic carbocycles. The molecule has 1 heteroatoms. The van der Waals surface area contributed by atoms with E-state index in [1.165, 1.54) is 87.2 Å². The maximum absolute atomic E-state index is 6.29. The van der Waals surface area contributed by atoms with E-state index in [-0.39, 0.29) is 0 Å². The number of benzene rings is 9. The standard InChI is InChI=1S/C44H26O/c1-2-12-27(13-3-1)41-32-17-6-8-19-34(32)43(35-20-9-7-18-33(35)41)37-25-24-31(29-15-4-5-16-30(29)37)38-26-28-14-10-22-39-42(28)44-36(38)21-11-23-40(44)45-39/h1-26H. The van der Waals surface area contributed by atoms with Crippen molar-refractivity contribution in [3.8, 4) is 33.4 Å². The smallest absolute Gasteiger partial charge is 0.136 e. The zero-order valence-electron chi connectivity index (χ0n) is 24.4. The van der Waals surface area contributed by atoms with Gasteiger partial charge in [0.2, 0.25) is 0 Å². The van der Waals surface area contributed by atoms with E-state index in [1.807, 2.05) is 0 Å². The normalized spacial score (nSPS) is 12.0. The van der Waals surface area contributed by atoms with Gasteiger partial charge in [-0.3, -0.25) is 0 Å². The van der Waals surface area contributed by atoms with Crippen LogP contribution < -0.4 is 0 Å². The lowest BCUT2D eigenvalue weighted by atomic mass is 9.83. The Morgan fingerprint density at radius 2 is 0.822 bits per heavy atom. The molecule has 0 spiro atoms. The van der Waals surface area contributed by atoms with Crippen LogP contribution in [0.1, 0.15) is 0 Å². The average molecular weight is 571 g/mol. The average Bonchev–Trinajstić information content (AvgIpc) is 3.50. The highest BCUT2D eigenvalue weighted by Gasteiger charge is 2.21. The zero-order chi connectivity index (χ0) is 29.5. The van der Waals surface area contributed by atoms with Crippen LogP contribution in [-0.2, 0) is 0 Å². The maximum Gasteiger partial charge on any atom is 0.136 e. The van der Waals surface area contributed by atoms with Gasteiger partial charge in [-0.1, -0.05) is 140 Å². The van der Waals surface area contributed by atoms with E-state index < -0.39 is 0 Å². The van der Waals surface area contributed by atoms with Gasteiger partial charge in [-0.2, -0.15) is 0 Å². The fourth-order valence-electron chi connectivity index (χ4n) is 7.78. The minimum absolute atomic E-state index is 0.943. The molecule has 45 heavy (non-hydrogen) atoms. The predicted molar refractivity (Wildman–Crippen MR) is 191 cm³/mol. The third-order valence-electron chi connectivity index (χ3n) is 9.62. The van der Waals surface area contributed by atoms with Crippen LogP contribution in [0.3, 0.4) is 0 Å². The first kappa shape index (κ1) is 24.5. The largest absolute Gasteiger partial charge is 0.456 e. The summed E-state index contributed by atoms with van der Waals surface area (Å²) in [6.07, 6.45) is 0. The van der Waals surface area contributed by atoms with Crippen LogP contribution in [0.2, 0.25) is 0 Å². The molecule has 1 heterocycles. The summed E-state index contributed by atoms with van der Waals surface area (Å²) in [5.41, 5.74) is 9.42. The van der Waals surface area contributed by atoms with Gasteiger partial charge < -0.3 is 4.42 Å². The van der Waals surface area contributed by atoms with Gasteiger partial charge in [0.05, 0.1) is 0 Å². The first-order chi connectivity index (χ1) is 22.3. The Hall–Kier alpha value is -5.92. The summed E-state index contributed by atoms with van der Waals surface area (Å²) in [4.78, 5) is 0. The third-order valence-corrected chi connectivity index (χ3v) is 9.62. The van der Waals surface area contributed by atoms with E-state index >= 15 is 0 Å². The molecule has 0 bridgehead atoms. The summed E-state index contributed by atoms with van der Waals surface area (Å²) < 4.78 is 6.29. The van der Waals surface area contributed by atoms with Crippen molar-refractivity contribution in [2.24, 2.45) is 0 Å². The van der Waals surface area contributed by atoms with Crippen LogP contribution in [0.5, 0.6) is 0 Å². The predicted octanol–water partition coefficient (Wildman–Crippen LogP) is 12.6. The quantitative estimate of drug-likeness (QED) is 0.152. The molecular formula is C44H26O. The molecule has 0 aliphatic heterocycles. The van der Waals surface area contributed by atoms with Crippen LogP contribution >= 0.6 is 0 Å². The second kappa shape index (κ2) is 9.29. The summed E-state index contributed by atoms with van der Waals surface area (Å²) in [7, 11) is 0. The van der Waals surface area contributed by atoms with Gasteiger partial charge in [-0.25, -0.2) is 0 Å². The monoisotopic (exact) mass is 570 g/mol. The molecule has 1 nitrogen and oxygen atoms in total. The minimum atomic E-state index is 0.943. The molecule has 10 rings (SSSR count). The van der Waals surface area contributed by atoms with Crippen LogP contribution in [-0.4, -0.2) is 0 Å². The minimum Gasteiger partial charge on any atom is -0.456 e. The Kier molecular flexibility index (Phi) is 5.06. The molecule has 208 valence electrons. The zero-order valence-corrected chi connectivity index (χ0v) is 24.4. The molecule has 0 aliphatic rings. The highest BCUT2D eigenvalue weighted by molar-refractivity contribution is 6.27. The van der Waals surface area contributed by atoms with Gasteiger partial charge in [-0.15, -0.1) is 0 Å². The molecule has 0 fully saturated rings. The fourth-order valence-corrected chi connectivity index (χ4v) is 7.78. The van der Waals surface area contributed by atoms with Crippen molar-refractivity contribution in [1.29, 1.82) is 0 Å². The lowest BCUT2D eigenvalue weighted by Gasteiger charge is -2.20. The van der Waals surface area contributed by atoms with Gasteiger partial charge in [0, 0.05) is 10.8 Å². The van der Waals surface area contributed by atoms with Crippen molar-refractivity contribution in [3.63, 3.8) is 0 Å². The van der Waals surface area contributed by atoms with Crippen LogP contribution in [0, 0.1) is 0 Å². The molecule has 10 aromatic rings. The Bertz CT molecular complexity index is 2690. The van der Waals surface area contributed by atoms with Crippen LogP contribution in [0.4, 0.5) is 0 Å². The van der Waals surface area contributed by atoms with E-state index in [4.69, 9.17) is 4.42 Å². The molecule has 0 amide bonds. The molecule has 0 radical (unpaired) electrons. The third kappa shape index (κ3) is 3.44. The van der Waals surface area contributed by atoms with Crippen molar-refractivity contribution >= 4 is 65.0 Å². The Labute approximate surface area is 259 Å². The van der Waals surface area contributed by atoms with E-state index in [0.29, 0.717) is 0 Å². The van der Waals surface area contributed by atoms with Gasteiger partial charge in [0.25, 0.3) is 0 Å². The summed E-state index contributed by atoms with van der Waals surface area (Å²) in [5, 5.41) is 12.4. The summed E-state index contributed by atoms with van der Waals surface area (Å²) in [6.45, 7) is 0. The topological polar surface area (TPSA) is 13.1 Å². The molecule has 0 unspecified atom stereocenters. The number of hydrogen-bond donors (Lipinski definition) is 0. The summed E-state index contributed by atoms with van der Waals surface area (Å²) in [6, 6.07) is 57.3. The van der Waals surface area contributed by atoms with Gasteiger partial charge in [-0.05, 0) is 94.7 Å². The molecular weight excluding hydrogens is 544 g/mol. The molecule has 9 aromatic carbocycles. The van der Waals surface area contributed by atoms with Crippen LogP contribution in [0.15, 0.2) is 162 Å². The number of hydrogen-bond acceptors (Lipinski definition) is 1. The first-order valence-electron chi connectivity index (χ1n) is 15.5. The van der Waals surface area contributed by atoms with Crippen molar-refractivity contribution in [2.75, 3.05) is 0 Å². The number of furan rings is 1. The van der Waals surface area contributed by atoms with E-state index in [1.54, 1.807) is 0 Å². The van der Waals surface area contributed by atoms with E-state index in [9.17, 15) is 0 Å². The number of fused-ring (bicyclic) bond motifs is 3. The highest BCUT2D eigenvalue weighted by atomic mass is 16.3. The molecule has 0 atom stereocenters.